The summed E-state index contributed by atoms with van der Waals surface area (Å²) in [6, 6.07) is 0. The number of carbonyl (C=O) groups is 2. The Morgan fingerprint density at radius 1 is 0.594 bits per heavy atom. The first-order chi connectivity index (χ1) is 15.6. The lowest BCUT2D eigenvalue weighted by Gasteiger charge is -2.19. The highest BCUT2D eigenvalue weighted by Crippen LogP contribution is 2.19. The van der Waals surface area contributed by atoms with Gasteiger partial charge in [-0.3, -0.25) is 9.59 Å². The molecule has 0 aliphatic carbocycles. The van der Waals surface area contributed by atoms with Gasteiger partial charge in [0.1, 0.15) is 6.10 Å². The van der Waals surface area contributed by atoms with Crippen molar-refractivity contribution in [3.63, 3.8) is 0 Å². The van der Waals surface area contributed by atoms with Gasteiger partial charge in [0.15, 0.2) is 0 Å². The van der Waals surface area contributed by atoms with Crippen LogP contribution in [0.2, 0.25) is 0 Å². The molecule has 0 bridgehead atoms. The van der Waals surface area contributed by atoms with E-state index in [1.807, 2.05) is 0 Å². The van der Waals surface area contributed by atoms with Gasteiger partial charge in [-0.15, -0.1) is 0 Å². The van der Waals surface area contributed by atoms with Crippen LogP contribution in [0.15, 0.2) is 0 Å². The average molecular weight is 455 g/mol. The van der Waals surface area contributed by atoms with E-state index in [1.54, 1.807) is 0 Å². The Hall–Kier alpha value is -1.06. The number of esters is 2. The van der Waals surface area contributed by atoms with E-state index in [1.165, 1.54) is 70.6 Å². The fourth-order valence-electron chi connectivity index (χ4n) is 4.11. The van der Waals surface area contributed by atoms with E-state index in [0.29, 0.717) is 25.9 Å². The zero-order valence-electron chi connectivity index (χ0n) is 21.9. The maximum Gasteiger partial charge on any atom is 0.306 e. The van der Waals surface area contributed by atoms with Gasteiger partial charge in [0.2, 0.25) is 0 Å². The van der Waals surface area contributed by atoms with Gasteiger partial charge in [-0.25, -0.2) is 0 Å². The van der Waals surface area contributed by atoms with Crippen molar-refractivity contribution in [1.82, 2.24) is 0 Å². The van der Waals surface area contributed by atoms with E-state index >= 15 is 0 Å². The monoisotopic (exact) mass is 454 g/mol. The van der Waals surface area contributed by atoms with Crippen LogP contribution in [-0.2, 0) is 19.1 Å². The summed E-state index contributed by atoms with van der Waals surface area (Å²) < 4.78 is 10.9. The first kappa shape index (κ1) is 30.9. The summed E-state index contributed by atoms with van der Waals surface area (Å²) in [7, 11) is 0. The van der Waals surface area contributed by atoms with Crippen LogP contribution in [0, 0.1) is 5.92 Å². The van der Waals surface area contributed by atoms with Gasteiger partial charge < -0.3 is 9.47 Å². The molecule has 0 aliphatic rings. The van der Waals surface area contributed by atoms with Crippen LogP contribution in [0.4, 0.5) is 0 Å². The van der Waals surface area contributed by atoms with Crippen molar-refractivity contribution >= 4 is 11.9 Å². The van der Waals surface area contributed by atoms with Crippen LogP contribution in [0.1, 0.15) is 150 Å². The normalized spacial score (nSPS) is 12.2. The van der Waals surface area contributed by atoms with Crippen molar-refractivity contribution in [2.75, 3.05) is 6.61 Å². The molecule has 190 valence electrons. The maximum absolute atomic E-state index is 12.1. The van der Waals surface area contributed by atoms with Crippen molar-refractivity contribution in [2.24, 2.45) is 5.92 Å². The highest BCUT2D eigenvalue weighted by Gasteiger charge is 2.15. The van der Waals surface area contributed by atoms with Crippen LogP contribution in [-0.4, -0.2) is 24.6 Å². The number of unbranched alkanes of at least 4 members (excludes halogenated alkanes) is 10. The second-order valence-electron chi connectivity index (χ2n) is 9.39. The van der Waals surface area contributed by atoms with E-state index in [0.717, 1.165) is 38.0 Å². The summed E-state index contributed by atoms with van der Waals surface area (Å²) in [6.45, 7) is 9.27. The predicted molar refractivity (Wildman–Crippen MR) is 135 cm³/mol. The fourth-order valence-corrected chi connectivity index (χ4v) is 4.11. The quantitative estimate of drug-likeness (QED) is 0.115. The molecule has 0 heterocycles. The first-order valence-electron chi connectivity index (χ1n) is 13.9. The van der Waals surface area contributed by atoms with Crippen LogP contribution >= 0.6 is 0 Å². The Morgan fingerprint density at radius 2 is 1.12 bits per heavy atom. The minimum absolute atomic E-state index is 0.0103. The summed E-state index contributed by atoms with van der Waals surface area (Å²) in [5.41, 5.74) is 0. The van der Waals surface area contributed by atoms with Crippen LogP contribution in [0.3, 0.4) is 0 Å². The highest BCUT2D eigenvalue weighted by atomic mass is 16.5. The van der Waals surface area contributed by atoms with Gasteiger partial charge in [-0.2, -0.15) is 0 Å². The van der Waals surface area contributed by atoms with Gasteiger partial charge >= 0.3 is 11.9 Å². The molecule has 0 saturated heterocycles. The standard InChI is InChI=1S/C28H54O4/c1-5-9-10-11-12-13-14-15-16-17-18-24-31-27(29)20-19-21-28(30)32-26(8-4)23-22-25(6-2)7-3/h25-26H,5-24H2,1-4H3. The molecule has 0 aromatic carbocycles. The van der Waals surface area contributed by atoms with Crippen molar-refractivity contribution in [1.29, 1.82) is 0 Å². The van der Waals surface area contributed by atoms with Crippen molar-refractivity contribution in [3.8, 4) is 0 Å². The van der Waals surface area contributed by atoms with Crippen molar-refractivity contribution < 1.29 is 19.1 Å². The van der Waals surface area contributed by atoms with Gasteiger partial charge in [-0.1, -0.05) is 105 Å². The van der Waals surface area contributed by atoms with E-state index in [9.17, 15) is 9.59 Å². The summed E-state index contributed by atoms with van der Waals surface area (Å²) >= 11 is 0. The zero-order valence-corrected chi connectivity index (χ0v) is 21.9. The molecule has 4 nitrogen and oxygen atoms in total. The highest BCUT2D eigenvalue weighted by molar-refractivity contribution is 5.72. The second kappa shape index (κ2) is 23.1. The third-order valence-corrected chi connectivity index (χ3v) is 6.58. The molecule has 0 fully saturated rings. The Kier molecular flexibility index (Phi) is 22.3. The molecule has 0 aliphatic heterocycles. The molecular weight excluding hydrogens is 400 g/mol. The lowest BCUT2D eigenvalue weighted by molar-refractivity contribution is -0.150. The molecule has 0 aromatic heterocycles. The average Bonchev–Trinajstić information content (AvgIpc) is 2.79. The molecule has 0 amide bonds. The van der Waals surface area contributed by atoms with E-state index < -0.39 is 0 Å². The molecular formula is C28H54O4. The summed E-state index contributed by atoms with van der Waals surface area (Å²) in [5.74, 6) is 0.350. The summed E-state index contributed by atoms with van der Waals surface area (Å²) in [4.78, 5) is 23.9. The largest absolute Gasteiger partial charge is 0.466 e. The minimum atomic E-state index is -0.189. The SMILES string of the molecule is CCCCCCCCCCCCCOC(=O)CCCC(=O)OC(CC)CCC(CC)CC. The Morgan fingerprint density at radius 3 is 1.66 bits per heavy atom. The maximum atomic E-state index is 12.1. The molecule has 32 heavy (non-hydrogen) atoms. The number of hydrogen-bond donors (Lipinski definition) is 0. The van der Waals surface area contributed by atoms with E-state index in [4.69, 9.17) is 9.47 Å². The first-order valence-corrected chi connectivity index (χ1v) is 13.9. The molecule has 1 atom stereocenters. The van der Waals surface area contributed by atoms with Crippen molar-refractivity contribution in [3.05, 3.63) is 0 Å². The smallest absolute Gasteiger partial charge is 0.306 e. The third-order valence-electron chi connectivity index (χ3n) is 6.58. The Labute approximate surface area is 199 Å². The molecule has 0 N–H and O–H groups in total. The molecule has 1 unspecified atom stereocenters. The molecule has 4 heteroatoms. The number of ether oxygens (including phenoxy) is 2. The van der Waals surface area contributed by atoms with Gasteiger partial charge in [0.05, 0.1) is 6.61 Å². The molecule has 0 aromatic rings. The third kappa shape index (κ3) is 19.6. The number of carbonyl (C=O) groups excluding carboxylic acids is 2. The van der Waals surface area contributed by atoms with E-state index in [2.05, 4.69) is 27.7 Å². The zero-order chi connectivity index (χ0) is 23.9. The molecule has 0 radical (unpaired) electrons. The van der Waals surface area contributed by atoms with Crippen LogP contribution in [0.5, 0.6) is 0 Å². The van der Waals surface area contributed by atoms with E-state index in [-0.39, 0.29) is 18.0 Å². The topological polar surface area (TPSA) is 52.6 Å². The predicted octanol–water partition coefficient (Wildman–Crippen LogP) is 8.55. The molecule has 0 rings (SSSR count). The minimum Gasteiger partial charge on any atom is -0.466 e. The van der Waals surface area contributed by atoms with Crippen LogP contribution in [0.25, 0.3) is 0 Å². The van der Waals surface area contributed by atoms with Crippen LogP contribution < -0.4 is 0 Å². The van der Waals surface area contributed by atoms with Gasteiger partial charge in [0, 0.05) is 12.8 Å². The number of rotatable bonds is 23. The lowest BCUT2D eigenvalue weighted by atomic mass is 9.95. The lowest BCUT2D eigenvalue weighted by Crippen LogP contribution is -2.19. The fraction of sp³-hybridized carbons (Fsp3) is 0.929. The summed E-state index contributed by atoms with van der Waals surface area (Å²) in [5, 5.41) is 0. The Balaban J connectivity index is 3.59. The molecule has 0 spiro atoms. The number of hydrogen-bond acceptors (Lipinski definition) is 4. The van der Waals surface area contributed by atoms with Gasteiger partial charge in [0.25, 0.3) is 0 Å². The summed E-state index contributed by atoms with van der Waals surface area (Å²) in [6.07, 6.45) is 20.5. The van der Waals surface area contributed by atoms with Crippen molar-refractivity contribution in [2.45, 2.75) is 156 Å². The van der Waals surface area contributed by atoms with Gasteiger partial charge in [-0.05, 0) is 38.0 Å². The second-order valence-corrected chi connectivity index (χ2v) is 9.39. The molecule has 0 saturated carbocycles. The Bertz CT molecular complexity index is 431.